The van der Waals surface area contributed by atoms with Crippen molar-refractivity contribution in [3.05, 3.63) is 30.3 Å². The second-order valence-electron chi connectivity index (χ2n) is 5.91. The van der Waals surface area contributed by atoms with Gasteiger partial charge in [-0.15, -0.1) is 0 Å². The van der Waals surface area contributed by atoms with Gasteiger partial charge in [-0.1, -0.05) is 31.5 Å². The maximum absolute atomic E-state index is 11.9. The molecule has 1 aliphatic heterocycles. The van der Waals surface area contributed by atoms with Crippen molar-refractivity contribution in [1.29, 1.82) is 0 Å². The van der Waals surface area contributed by atoms with E-state index in [-0.39, 0.29) is 6.61 Å². The summed E-state index contributed by atoms with van der Waals surface area (Å²) in [6.07, 6.45) is 3.45. The fourth-order valence-corrected chi connectivity index (χ4v) is 2.97. The first-order valence-electron chi connectivity index (χ1n) is 8.01. The Bertz CT molecular complexity index is 474. The quantitative estimate of drug-likeness (QED) is 0.839. The molecule has 5 heteroatoms. The third-order valence-corrected chi connectivity index (χ3v) is 4.27. The molecule has 0 aliphatic carbocycles. The van der Waals surface area contributed by atoms with Gasteiger partial charge in [0.05, 0.1) is 0 Å². The Morgan fingerprint density at radius 2 is 1.91 bits per heavy atom. The molecule has 1 fully saturated rings. The van der Waals surface area contributed by atoms with E-state index in [1.54, 1.807) is 6.92 Å². The smallest absolute Gasteiger partial charge is 0.328 e. The van der Waals surface area contributed by atoms with E-state index in [0.717, 1.165) is 25.9 Å². The summed E-state index contributed by atoms with van der Waals surface area (Å²) in [6, 6.07) is 9.37. The van der Waals surface area contributed by atoms with Gasteiger partial charge in [0, 0.05) is 19.6 Å². The van der Waals surface area contributed by atoms with Crippen molar-refractivity contribution in [2.45, 2.75) is 38.6 Å². The van der Waals surface area contributed by atoms with Crippen LogP contribution in [-0.4, -0.2) is 52.9 Å². The van der Waals surface area contributed by atoms with E-state index < -0.39 is 11.5 Å². The number of carboxylic acid groups (broad SMARTS) is 1. The molecule has 1 unspecified atom stereocenters. The van der Waals surface area contributed by atoms with Crippen molar-refractivity contribution in [3.8, 4) is 5.75 Å². The van der Waals surface area contributed by atoms with Crippen LogP contribution in [0.2, 0.25) is 0 Å². The summed E-state index contributed by atoms with van der Waals surface area (Å²) in [5.41, 5.74) is -1.07. The van der Waals surface area contributed by atoms with Crippen LogP contribution in [0.25, 0.3) is 0 Å². The Hall–Kier alpha value is -1.59. The number of ether oxygens (including phenoxy) is 1. The normalized spacial score (nSPS) is 18.9. The van der Waals surface area contributed by atoms with Gasteiger partial charge in [0.25, 0.3) is 0 Å². The molecule has 0 radical (unpaired) electrons. The highest BCUT2D eigenvalue weighted by atomic mass is 16.5. The number of hydrogen-bond donors (Lipinski definition) is 1. The van der Waals surface area contributed by atoms with Crippen LogP contribution in [0.5, 0.6) is 5.75 Å². The average Bonchev–Trinajstić information content (AvgIpc) is 2.55. The van der Waals surface area contributed by atoms with Crippen LogP contribution in [-0.2, 0) is 4.79 Å². The predicted octanol–water partition coefficient (Wildman–Crippen LogP) is 2.63. The molecule has 122 valence electrons. The van der Waals surface area contributed by atoms with Crippen LogP contribution in [0.1, 0.15) is 33.1 Å². The second-order valence-corrected chi connectivity index (χ2v) is 5.91. The number of rotatable bonds is 7. The minimum absolute atomic E-state index is 0.122. The standard InChI is InChI=1S/C17H26N2O3/c1-3-19(18-12-8-5-9-13-18)17(2,16(20)21)14-22-15-10-6-4-7-11-15/h4,6-7,10-11H,3,5,8-9,12-14H2,1-2H3,(H,20,21). The molecule has 1 aromatic carbocycles. The van der Waals surface area contributed by atoms with Gasteiger partial charge in [0.15, 0.2) is 5.54 Å². The van der Waals surface area contributed by atoms with Crippen LogP contribution in [0.3, 0.4) is 0 Å². The predicted molar refractivity (Wildman–Crippen MR) is 85.8 cm³/mol. The number of carboxylic acids is 1. The molecule has 5 nitrogen and oxygen atoms in total. The van der Waals surface area contributed by atoms with Crippen molar-refractivity contribution >= 4 is 5.97 Å². The number of likely N-dealkylation sites (N-methyl/N-ethyl adjacent to an activating group) is 1. The highest BCUT2D eigenvalue weighted by molar-refractivity contribution is 5.78. The van der Waals surface area contributed by atoms with Gasteiger partial charge in [-0.05, 0) is 31.9 Å². The lowest BCUT2D eigenvalue weighted by molar-refractivity contribution is -0.175. The van der Waals surface area contributed by atoms with Gasteiger partial charge >= 0.3 is 5.97 Å². The van der Waals surface area contributed by atoms with Crippen LogP contribution < -0.4 is 4.74 Å². The number of hydrogen-bond acceptors (Lipinski definition) is 4. The van der Waals surface area contributed by atoms with Crippen LogP contribution in [0.4, 0.5) is 0 Å². The largest absolute Gasteiger partial charge is 0.491 e. The monoisotopic (exact) mass is 306 g/mol. The number of piperidine rings is 1. The van der Waals surface area contributed by atoms with Crippen LogP contribution in [0, 0.1) is 0 Å². The van der Waals surface area contributed by atoms with E-state index in [9.17, 15) is 9.90 Å². The van der Waals surface area contributed by atoms with E-state index >= 15 is 0 Å². The van der Waals surface area contributed by atoms with E-state index in [4.69, 9.17) is 4.74 Å². The molecule has 1 N–H and O–H groups in total. The zero-order valence-corrected chi connectivity index (χ0v) is 13.5. The Morgan fingerprint density at radius 1 is 1.27 bits per heavy atom. The van der Waals surface area contributed by atoms with Gasteiger partial charge in [-0.25, -0.2) is 10.0 Å². The summed E-state index contributed by atoms with van der Waals surface area (Å²) in [5.74, 6) is -0.152. The highest BCUT2D eigenvalue weighted by Gasteiger charge is 2.43. The van der Waals surface area contributed by atoms with Gasteiger partial charge in [-0.2, -0.15) is 0 Å². The minimum Gasteiger partial charge on any atom is -0.491 e. The molecule has 1 heterocycles. The summed E-state index contributed by atoms with van der Waals surface area (Å²) in [5, 5.41) is 13.9. The Balaban J connectivity index is 2.12. The fourth-order valence-electron chi connectivity index (χ4n) is 2.97. The number of aliphatic carboxylic acids is 1. The molecule has 2 rings (SSSR count). The summed E-state index contributed by atoms with van der Waals surface area (Å²) in [4.78, 5) is 11.9. The maximum Gasteiger partial charge on any atom is 0.328 e. The lowest BCUT2D eigenvalue weighted by Crippen LogP contribution is -2.63. The molecular formula is C17H26N2O3. The molecule has 0 amide bonds. The zero-order chi connectivity index (χ0) is 16.0. The molecule has 1 aliphatic rings. The molecule has 1 saturated heterocycles. The third kappa shape index (κ3) is 3.78. The summed E-state index contributed by atoms with van der Waals surface area (Å²) in [6.45, 7) is 6.36. The van der Waals surface area contributed by atoms with E-state index in [2.05, 4.69) is 5.01 Å². The molecule has 0 saturated carbocycles. The summed E-state index contributed by atoms with van der Waals surface area (Å²) >= 11 is 0. The van der Waals surface area contributed by atoms with Crippen molar-refractivity contribution in [2.75, 3.05) is 26.2 Å². The number of nitrogens with zero attached hydrogens (tertiary/aromatic N) is 2. The topological polar surface area (TPSA) is 53.0 Å². The van der Waals surface area contributed by atoms with E-state index in [1.165, 1.54) is 6.42 Å². The van der Waals surface area contributed by atoms with Crippen molar-refractivity contribution < 1.29 is 14.6 Å². The van der Waals surface area contributed by atoms with Crippen LogP contribution >= 0.6 is 0 Å². The maximum atomic E-state index is 11.9. The first kappa shape index (κ1) is 16.8. The Morgan fingerprint density at radius 3 is 2.45 bits per heavy atom. The van der Waals surface area contributed by atoms with Gasteiger partial charge in [-0.3, -0.25) is 4.79 Å². The minimum atomic E-state index is -1.07. The van der Waals surface area contributed by atoms with Crippen molar-refractivity contribution in [1.82, 2.24) is 10.0 Å². The Kier molecular flexibility index (Phi) is 5.80. The highest BCUT2D eigenvalue weighted by Crippen LogP contribution is 2.23. The van der Waals surface area contributed by atoms with Gasteiger partial charge in [0.1, 0.15) is 12.4 Å². The number of hydrazine groups is 1. The molecular weight excluding hydrogens is 280 g/mol. The van der Waals surface area contributed by atoms with Crippen molar-refractivity contribution in [2.24, 2.45) is 0 Å². The third-order valence-electron chi connectivity index (χ3n) is 4.27. The van der Waals surface area contributed by atoms with Gasteiger partial charge < -0.3 is 9.84 Å². The van der Waals surface area contributed by atoms with Gasteiger partial charge in [0.2, 0.25) is 0 Å². The Labute approximate surface area is 132 Å². The number of carbonyl (C=O) groups is 1. The first-order chi connectivity index (χ1) is 10.6. The second kappa shape index (κ2) is 7.61. The summed E-state index contributed by atoms with van der Waals surface area (Å²) in [7, 11) is 0. The van der Waals surface area contributed by atoms with Crippen LogP contribution in [0.15, 0.2) is 30.3 Å². The summed E-state index contributed by atoms with van der Waals surface area (Å²) < 4.78 is 5.76. The number of benzene rings is 1. The molecule has 1 aromatic rings. The van der Waals surface area contributed by atoms with E-state index in [1.807, 2.05) is 42.3 Å². The molecule has 22 heavy (non-hydrogen) atoms. The fraction of sp³-hybridized carbons (Fsp3) is 0.588. The lowest BCUT2D eigenvalue weighted by Gasteiger charge is -2.45. The average molecular weight is 306 g/mol. The molecule has 0 bridgehead atoms. The molecule has 1 atom stereocenters. The zero-order valence-electron chi connectivity index (χ0n) is 13.5. The van der Waals surface area contributed by atoms with E-state index in [0.29, 0.717) is 12.3 Å². The molecule has 0 aromatic heterocycles. The number of para-hydroxylation sites is 1. The first-order valence-corrected chi connectivity index (χ1v) is 8.01. The molecule has 0 spiro atoms. The lowest BCUT2D eigenvalue weighted by atomic mass is 10.0. The SMILES string of the molecule is CCN(N1CCCCC1)C(C)(COc1ccccc1)C(=O)O. The van der Waals surface area contributed by atoms with Crippen molar-refractivity contribution in [3.63, 3.8) is 0 Å².